The van der Waals surface area contributed by atoms with Crippen molar-refractivity contribution in [2.45, 2.75) is 19.1 Å². The van der Waals surface area contributed by atoms with E-state index in [0.717, 1.165) is 29.7 Å². The molecule has 0 aliphatic carbocycles. The summed E-state index contributed by atoms with van der Waals surface area (Å²) in [5.74, 6) is 0.784. The second-order valence-electron chi connectivity index (χ2n) is 5.67. The summed E-state index contributed by atoms with van der Waals surface area (Å²) in [6.07, 6.45) is 0.574. The molecule has 0 aromatic heterocycles. The van der Waals surface area contributed by atoms with Crippen LogP contribution in [0.15, 0.2) is 53.0 Å². The number of aliphatic hydroxyl groups is 1. The summed E-state index contributed by atoms with van der Waals surface area (Å²) in [4.78, 5) is 2.29. The highest BCUT2D eigenvalue weighted by molar-refractivity contribution is 9.10. The maximum atomic E-state index is 10.2. The van der Waals surface area contributed by atoms with Crippen molar-refractivity contribution in [2.75, 3.05) is 19.7 Å². The van der Waals surface area contributed by atoms with E-state index in [1.807, 2.05) is 24.3 Å². The molecule has 4 heteroatoms. The van der Waals surface area contributed by atoms with Gasteiger partial charge in [-0.15, -0.1) is 0 Å². The van der Waals surface area contributed by atoms with Crippen molar-refractivity contribution in [1.29, 1.82) is 0 Å². The average Bonchev–Trinajstić information content (AvgIpc) is 2.54. The van der Waals surface area contributed by atoms with Crippen molar-refractivity contribution in [1.82, 2.24) is 4.90 Å². The number of fused-ring (bicyclic) bond motifs is 1. The maximum Gasteiger partial charge on any atom is 0.119 e. The van der Waals surface area contributed by atoms with E-state index in [4.69, 9.17) is 4.74 Å². The van der Waals surface area contributed by atoms with Crippen LogP contribution in [-0.4, -0.2) is 35.8 Å². The Morgan fingerprint density at radius 2 is 1.82 bits per heavy atom. The van der Waals surface area contributed by atoms with Gasteiger partial charge < -0.3 is 9.84 Å². The molecule has 0 fully saturated rings. The molecule has 1 N–H and O–H groups in total. The molecule has 1 aliphatic heterocycles. The van der Waals surface area contributed by atoms with Gasteiger partial charge in [-0.2, -0.15) is 0 Å². The van der Waals surface area contributed by atoms with Crippen LogP contribution < -0.4 is 4.74 Å². The topological polar surface area (TPSA) is 32.7 Å². The van der Waals surface area contributed by atoms with Gasteiger partial charge in [0, 0.05) is 24.1 Å². The van der Waals surface area contributed by atoms with Crippen LogP contribution >= 0.6 is 15.9 Å². The second-order valence-corrected chi connectivity index (χ2v) is 6.59. The number of aliphatic hydroxyl groups excluding tert-OH is 1. The van der Waals surface area contributed by atoms with Gasteiger partial charge in [0.05, 0.1) is 0 Å². The molecule has 2 aromatic carbocycles. The Balaban J connectivity index is 1.48. The highest BCUT2D eigenvalue weighted by Gasteiger charge is 2.18. The van der Waals surface area contributed by atoms with Gasteiger partial charge in [0.1, 0.15) is 18.5 Å². The summed E-state index contributed by atoms with van der Waals surface area (Å²) in [6, 6.07) is 16.2. The Morgan fingerprint density at radius 1 is 1.09 bits per heavy atom. The maximum absolute atomic E-state index is 10.2. The first-order valence-electron chi connectivity index (χ1n) is 7.56. The molecule has 0 saturated heterocycles. The number of ether oxygens (including phenoxy) is 1. The molecule has 3 rings (SSSR count). The van der Waals surface area contributed by atoms with Gasteiger partial charge in [0.25, 0.3) is 0 Å². The van der Waals surface area contributed by atoms with Crippen LogP contribution in [0, 0.1) is 0 Å². The predicted molar refractivity (Wildman–Crippen MR) is 91.1 cm³/mol. The lowest BCUT2D eigenvalue weighted by Gasteiger charge is -2.30. The molecular formula is C18H20BrNO2. The molecule has 0 unspecified atom stereocenters. The first kappa shape index (κ1) is 15.5. The number of nitrogens with zero attached hydrogens (tertiary/aromatic N) is 1. The fourth-order valence-electron chi connectivity index (χ4n) is 2.78. The molecule has 0 bridgehead atoms. The monoisotopic (exact) mass is 361 g/mol. The van der Waals surface area contributed by atoms with Crippen molar-refractivity contribution in [3.05, 3.63) is 64.1 Å². The first-order chi connectivity index (χ1) is 10.7. The summed E-state index contributed by atoms with van der Waals surface area (Å²) in [7, 11) is 0. The number of β-amino-alcohol motifs (C(OH)–C–C–N with tert-alkyl or cyclic N) is 1. The summed E-state index contributed by atoms with van der Waals surface area (Å²) in [5, 5.41) is 10.2. The van der Waals surface area contributed by atoms with Crippen LogP contribution in [0.2, 0.25) is 0 Å². The molecule has 1 heterocycles. The number of hydrogen-bond acceptors (Lipinski definition) is 3. The second kappa shape index (κ2) is 7.27. The molecule has 1 aliphatic rings. The van der Waals surface area contributed by atoms with Crippen molar-refractivity contribution < 1.29 is 9.84 Å². The molecule has 22 heavy (non-hydrogen) atoms. The van der Waals surface area contributed by atoms with E-state index in [2.05, 4.69) is 45.1 Å². The van der Waals surface area contributed by atoms with Crippen LogP contribution in [-0.2, 0) is 13.0 Å². The normalized spacial score (nSPS) is 16.1. The van der Waals surface area contributed by atoms with Crippen LogP contribution in [0.25, 0.3) is 0 Å². The van der Waals surface area contributed by atoms with Crippen LogP contribution in [0.3, 0.4) is 0 Å². The van der Waals surface area contributed by atoms with Gasteiger partial charge >= 0.3 is 0 Å². The standard InChI is InChI=1S/C18H20BrNO2/c19-16-5-7-18(8-6-16)22-13-17(21)12-20-10-9-14-3-1-2-4-15(14)11-20/h1-8,17,21H,9-13H2/t17-/m0/s1. The van der Waals surface area contributed by atoms with Crippen molar-refractivity contribution in [2.24, 2.45) is 0 Å². The van der Waals surface area contributed by atoms with Crippen molar-refractivity contribution in [3.8, 4) is 5.75 Å². The number of rotatable bonds is 5. The molecule has 3 nitrogen and oxygen atoms in total. The van der Waals surface area contributed by atoms with Crippen LogP contribution in [0.4, 0.5) is 0 Å². The smallest absolute Gasteiger partial charge is 0.119 e. The van der Waals surface area contributed by atoms with Gasteiger partial charge in [-0.1, -0.05) is 40.2 Å². The van der Waals surface area contributed by atoms with Gasteiger partial charge in [0.15, 0.2) is 0 Å². The minimum atomic E-state index is -0.478. The summed E-state index contributed by atoms with van der Waals surface area (Å²) >= 11 is 3.39. The van der Waals surface area contributed by atoms with E-state index in [9.17, 15) is 5.11 Å². The van der Waals surface area contributed by atoms with Crippen LogP contribution in [0.5, 0.6) is 5.75 Å². The lowest BCUT2D eigenvalue weighted by atomic mass is 10.00. The molecule has 0 amide bonds. The van der Waals surface area contributed by atoms with Gasteiger partial charge in [-0.05, 0) is 41.8 Å². The zero-order chi connectivity index (χ0) is 15.4. The fourth-order valence-corrected chi connectivity index (χ4v) is 3.05. The highest BCUT2D eigenvalue weighted by atomic mass is 79.9. The molecule has 0 saturated carbocycles. The lowest BCUT2D eigenvalue weighted by Crippen LogP contribution is -2.38. The largest absolute Gasteiger partial charge is 0.491 e. The number of benzene rings is 2. The summed E-state index contributed by atoms with van der Waals surface area (Å²) < 4.78 is 6.66. The number of hydrogen-bond donors (Lipinski definition) is 1. The average molecular weight is 362 g/mol. The van der Waals surface area contributed by atoms with E-state index >= 15 is 0 Å². The quantitative estimate of drug-likeness (QED) is 0.887. The Hall–Kier alpha value is -1.36. The van der Waals surface area contributed by atoms with Crippen molar-refractivity contribution in [3.63, 3.8) is 0 Å². The van der Waals surface area contributed by atoms with Crippen molar-refractivity contribution >= 4 is 15.9 Å². The minimum Gasteiger partial charge on any atom is -0.491 e. The molecule has 0 radical (unpaired) electrons. The molecular weight excluding hydrogens is 342 g/mol. The molecule has 0 spiro atoms. The Bertz CT molecular complexity index is 615. The minimum absolute atomic E-state index is 0.319. The summed E-state index contributed by atoms with van der Waals surface area (Å²) in [6.45, 7) is 2.86. The first-order valence-corrected chi connectivity index (χ1v) is 8.35. The van der Waals surface area contributed by atoms with Crippen LogP contribution in [0.1, 0.15) is 11.1 Å². The molecule has 116 valence electrons. The number of halogens is 1. The highest BCUT2D eigenvalue weighted by Crippen LogP contribution is 2.19. The van der Waals surface area contributed by atoms with E-state index in [0.29, 0.717) is 13.2 Å². The fraction of sp³-hybridized carbons (Fsp3) is 0.333. The zero-order valence-electron chi connectivity index (χ0n) is 12.4. The lowest BCUT2D eigenvalue weighted by molar-refractivity contribution is 0.0638. The van der Waals surface area contributed by atoms with Gasteiger partial charge in [-0.25, -0.2) is 0 Å². The summed E-state index contributed by atoms with van der Waals surface area (Å²) in [5.41, 5.74) is 2.80. The molecule has 1 atom stereocenters. The Labute approximate surface area is 139 Å². The van der Waals surface area contributed by atoms with E-state index in [-0.39, 0.29) is 0 Å². The Morgan fingerprint density at radius 3 is 2.59 bits per heavy atom. The SMILES string of the molecule is O[C@H](COc1ccc(Br)cc1)CN1CCc2ccccc2C1. The van der Waals surface area contributed by atoms with E-state index in [1.54, 1.807) is 0 Å². The zero-order valence-corrected chi connectivity index (χ0v) is 14.0. The van der Waals surface area contributed by atoms with Gasteiger partial charge in [0.2, 0.25) is 0 Å². The molecule has 2 aromatic rings. The van der Waals surface area contributed by atoms with E-state index < -0.39 is 6.10 Å². The third kappa shape index (κ3) is 4.09. The third-order valence-electron chi connectivity index (χ3n) is 3.93. The van der Waals surface area contributed by atoms with Gasteiger partial charge in [-0.3, -0.25) is 4.90 Å². The predicted octanol–water partition coefficient (Wildman–Crippen LogP) is 3.25. The third-order valence-corrected chi connectivity index (χ3v) is 4.46. The Kier molecular flexibility index (Phi) is 5.13. The van der Waals surface area contributed by atoms with E-state index in [1.165, 1.54) is 11.1 Å².